The first-order valence-corrected chi connectivity index (χ1v) is 5.19. The Balaban J connectivity index is 0.000000980. The second-order valence-electron chi connectivity index (χ2n) is 4.49. The molecule has 0 radical (unpaired) electrons. The first-order valence-electron chi connectivity index (χ1n) is 5.19. The summed E-state index contributed by atoms with van der Waals surface area (Å²) in [5, 5.41) is 0. The van der Waals surface area contributed by atoms with Crippen molar-refractivity contribution in [2.24, 2.45) is 5.92 Å². The third-order valence-electron chi connectivity index (χ3n) is 3.21. The molecule has 0 N–H and O–H groups in total. The van der Waals surface area contributed by atoms with E-state index in [4.69, 9.17) is 4.42 Å². The van der Waals surface area contributed by atoms with E-state index >= 15 is 0 Å². The van der Waals surface area contributed by atoms with Gasteiger partial charge in [-0.3, -0.25) is 0 Å². The van der Waals surface area contributed by atoms with E-state index in [0.717, 1.165) is 0 Å². The van der Waals surface area contributed by atoms with E-state index in [1.165, 1.54) is 24.2 Å². The zero-order valence-electron chi connectivity index (χ0n) is 9.63. The van der Waals surface area contributed by atoms with Crippen LogP contribution in [0, 0.1) is 12.0 Å². The van der Waals surface area contributed by atoms with E-state index < -0.39 is 0 Å². The van der Waals surface area contributed by atoms with Crippen molar-refractivity contribution in [3.8, 4) is 0 Å². The van der Waals surface area contributed by atoms with E-state index in [1.54, 1.807) is 6.26 Å². The minimum absolute atomic E-state index is 0. The van der Waals surface area contributed by atoms with Crippen LogP contribution in [0.1, 0.15) is 56.8 Å². The average molecular weight is 184 g/mol. The van der Waals surface area contributed by atoms with Gasteiger partial charge in [0.2, 0.25) is 0 Å². The molecule has 1 aliphatic rings. The molecule has 2 rings (SSSR count). The van der Waals surface area contributed by atoms with Gasteiger partial charge in [0.05, 0.1) is 0 Å². The molecule has 0 bridgehead atoms. The molecule has 72 valence electrons. The molecule has 0 aromatic carbocycles. The van der Waals surface area contributed by atoms with Crippen molar-refractivity contribution < 1.29 is 23.3 Å². The second kappa shape index (κ2) is 4.60. The summed E-state index contributed by atoms with van der Waals surface area (Å²) >= 11 is 0. The Kier molecular flexibility index (Phi) is 3.92. The van der Waals surface area contributed by atoms with Crippen LogP contribution in [0.25, 0.3) is 0 Å². The molecule has 0 aliphatic heterocycles. The maximum atomic E-state index is 5.54. The van der Waals surface area contributed by atoms with Crippen LogP contribution in [-0.2, 0) is 0 Å². The zero-order chi connectivity index (χ0) is 9.42. The number of hydrogen-bond acceptors (Lipinski definition) is 1. The van der Waals surface area contributed by atoms with E-state index in [2.05, 4.69) is 26.8 Å². The summed E-state index contributed by atoms with van der Waals surface area (Å²) in [6, 6.07) is 3.23. The number of hydrogen-bond donors (Lipinski definition) is 0. The third kappa shape index (κ3) is 1.95. The largest absolute Gasteiger partial charge is 1.00 e. The molecule has 0 unspecified atom stereocenters. The van der Waals surface area contributed by atoms with Gasteiger partial charge in [-0.2, -0.15) is 5.56 Å². The Morgan fingerprint density at radius 1 is 1.43 bits per heavy atom. The summed E-state index contributed by atoms with van der Waals surface area (Å²) in [4.78, 5) is 0. The molecule has 0 saturated carbocycles. The summed E-state index contributed by atoms with van der Waals surface area (Å²) in [5.41, 5.74) is 1.32. The first kappa shape index (κ1) is 11.9. The van der Waals surface area contributed by atoms with E-state index in [-0.39, 0.29) is 18.9 Å². The van der Waals surface area contributed by atoms with Crippen molar-refractivity contribution >= 4 is 0 Å². The predicted molar refractivity (Wildman–Crippen MR) is 52.8 cm³/mol. The van der Waals surface area contributed by atoms with Gasteiger partial charge in [-0.1, -0.05) is 39.5 Å². The Labute approximate surface area is 98.4 Å². The van der Waals surface area contributed by atoms with Crippen LogP contribution in [0.3, 0.4) is 0 Å². The maximum absolute atomic E-state index is 5.54. The number of rotatable bonds is 1. The molecule has 1 aromatic rings. The summed E-state index contributed by atoms with van der Waals surface area (Å²) in [7, 11) is 0. The van der Waals surface area contributed by atoms with E-state index in [0.29, 0.717) is 17.8 Å². The van der Waals surface area contributed by atoms with Crippen molar-refractivity contribution in [1.29, 1.82) is 0 Å². The van der Waals surface area contributed by atoms with Crippen LogP contribution in [-0.4, -0.2) is 0 Å². The number of fused-ring (bicyclic) bond motifs is 1. The molecule has 0 spiro atoms. The first-order chi connectivity index (χ1) is 6.20. The molecule has 0 saturated heterocycles. The molecular formula is C12H17LiO. The van der Waals surface area contributed by atoms with Gasteiger partial charge in [0.15, 0.2) is 0 Å². The summed E-state index contributed by atoms with van der Waals surface area (Å²) in [6.45, 7) is 6.81. The van der Waals surface area contributed by atoms with Gasteiger partial charge < -0.3 is 4.42 Å². The van der Waals surface area contributed by atoms with Gasteiger partial charge in [-0.25, -0.2) is 6.07 Å². The van der Waals surface area contributed by atoms with Gasteiger partial charge >= 0.3 is 18.9 Å². The molecule has 1 heterocycles. The van der Waals surface area contributed by atoms with Crippen molar-refractivity contribution in [2.45, 2.75) is 45.4 Å². The van der Waals surface area contributed by atoms with Crippen molar-refractivity contribution in [2.75, 3.05) is 0 Å². The number of furan rings is 1. The molecule has 14 heavy (non-hydrogen) atoms. The van der Waals surface area contributed by atoms with E-state index in [9.17, 15) is 0 Å². The minimum Gasteiger partial charge on any atom is -0.573 e. The molecule has 0 amide bonds. The van der Waals surface area contributed by atoms with Crippen LogP contribution < -0.4 is 18.9 Å². The van der Waals surface area contributed by atoms with Gasteiger partial charge in [0, 0.05) is 0 Å². The Hall–Kier alpha value is -0.123. The normalized spacial score (nSPS) is 25.7. The van der Waals surface area contributed by atoms with Crippen molar-refractivity contribution in [3.63, 3.8) is 0 Å². The molecule has 1 aromatic heterocycles. The SMILES string of the molecule is CC(C)[C@@H]1CC[C@@H](C)c2[c-]coc21.[Li+]. The van der Waals surface area contributed by atoms with Gasteiger partial charge in [0.25, 0.3) is 0 Å². The molecular weight excluding hydrogens is 167 g/mol. The Morgan fingerprint density at radius 2 is 2.14 bits per heavy atom. The standard InChI is InChI=1S/C12H17O.Li/c1-8(2)10-5-4-9(3)11-6-7-13-12(10)11;/h7-10H,4-5H2,1-3H3;/q-1;+1/t9-,10+;/m1./s1. The molecule has 1 aliphatic carbocycles. The Morgan fingerprint density at radius 3 is 2.79 bits per heavy atom. The predicted octanol–water partition coefficient (Wildman–Crippen LogP) is 0.721. The minimum atomic E-state index is 0. The fraction of sp³-hybridized carbons (Fsp3) is 0.667. The van der Waals surface area contributed by atoms with Crippen molar-refractivity contribution in [1.82, 2.24) is 0 Å². The zero-order valence-corrected chi connectivity index (χ0v) is 9.63. The monoisotopic (exact) mass is 184 g/mol. The molecule has 1 nitrogen and oxygen atoms in total. The smallest absolute Gasteiger partial charge is 0.573 e. The van der Waals surface area contributed by atoms with Gasteiger partial charge in [-0.15, -0.1) is 0 Å². The van der Waals surface area contributed by atoms with Crippen LogP contribution in [0.5, 0.6) is 0 Å². The van der Waals surface area contributed by atoms with E-state index in [1.807, 2.05) is 0 Å². The summed E-state index contributed by atoms with van der Waals surface area (Å²) in [5.74, 6) is 3.15. The molecule has 2 atom stereocenters. The summed E-state index contributed by atoms with van der Waals surface area (Å²) < 4.78 is 5.54. The second-order valence-corrected chi connectivity index (χ2v) is 4.49. The van der Waals surface area contributed by atoms with Gasteiger partial charge in [-0.05, 0) is 23.9 Å². The maximum Gasteiger partial charge on any atom is 1.00 e. The van der Waals surface area contributed by atoms with Gasteiger partial charge in [0.1, 0.15) is 0 Å². The fourth-order valence-electron chi connectivity index (χ4n) is 2.30. The Bertz CT molecular complexity index is 290. The van der Waals surface area contributed by atoms with Crippen LogP contribution in [0.4, 0.5) is 0 Å². The third-order valence-corrected chi connectivity index (χ3v) is 3.21. The topological polar surface area (TPSA) is 13.1 Å². The van der Waals surface area contributed by atoms with Crippen LogP contribution in [0.2, 0.25) is 0 Å². The fourth-order valence-corrected chi connectivity index (χ4v) is 2.30. The van der Waals surface area contributed by atoms with Crippen molar-refractivity contribution in [3.05, 3.63) is 23.7 Å². The van der Waals surface area contributed by atoms with Crippen LogP contribution in [0.15, 0.2) is 10.7 Å². The molecule has 2 heteroatoms. The average Bonchev–Trinajstić information content (AvgIpc) is 2.53. The summed E-state index contributed by atoms with van der Waals surface area (Å²) in [6.07, 6.45) is 4.28. The van der Waals surface area contributed by atoms with Crippen LogP contribution >= 0.6 is 0 Å². The quantitative estimate of drug-likeness (QED) is 0.463. The molecule has 0 fully saturated rings.